The number of allylic oxidation sites excluding steroid dienone is 1. The molecule has 0 aliphatic heterocycles. The molecule has 98 valence electrons. The fraction of sp³-hybridized carbons (Fsp3) is 0.267. The molecule has 4 nitrogen and oxygen atoms in total. The molecule has 0 fully saturated rings. The number of nitrogens with zero attached hydrogens (tertiary/aromatic N) is 1. The standard InChI is InChI=1S/C15H15NO3/c1-3-16(4-2)15(19)12-9-13(17)10-7-5-6-8-11(10)14(12)18/h5-9H,3-4H2,1-2H3. The smallest absolute Gasteiger partial charge is 0.257 e. The van der Waals surface area contributed by atoms with Crippen LogP contribution in [0.1, 0.15) is 34.6 Å². The van der Waals surface area contributed by atoms with Crippen LogP contribution >= 0.6 is 0 Å². The minimum absolute atomic E-state index is 0.0348. The molecule has 0 saturated carbocycles. The van der Waals surface area contributed by atoms with Crippen molar-refractivity contribution in [2.75, 3.05) is 13.1 Å². The molecule has 4 heteroatoms. The molecule has 19 heavy (non-hydrogen) atoms. The van der Waals surface area contributed by atoms with Gasteiger partial charge in [0.1, 0.15) is 0 Å². The molecule has 1 aromatic rings. The van der Waals surface area contributed by atoms with Crippen LogP contribution < -0.4 is 0 Å². The van der Waals surface area contributed by atoms with Crippen LogP contribution in [0, 0.1) is 0 Å². The van der Waals surface area contributed by atoms with Crippen molar-refractivity contribution in [3.63, 3.8) is 0 Å². The van der Waals surface area contributed by atoms with E-state index in [2.05, 4.69) is 0 Å². The third-order valence-corrected chi connectivity index (χ3v) is 3.24. The second-order valence-corrected chi connectivity index (χ2v) is 4.27. The number of hydrogen-bond donors (Lipinski definition) is 0. The molecule has 0 radical (unpaired) electrons. The summed E-state index contributed by atoms with van der Waals surface area (Å²) in [5, 5.41) is 0. The Morgan fingerprint density at radius 3 is 2.21 bits per heavy atom. The number of likely N-dealkylation sites (N-methyl/N-ethyl adjacent to an activating group) is 1. The lowest BCUT2D eigenvalue weighted by atomic mass is 9.89. The van der Waals surface area contributed by atoms with Crippen LogP contribution in [-0.4, -0.2) is 35.5 Å². The van der Waals surface area contributed by atoms with Crippen molar-refractivity contribution in [1.82, 2.24) is 4.90 Å². The first-order valence-corrected chi connectivity index (χ1v) is 6.29. The Bertz CT molecular complexity index is 583. The van der Waals surface area contributed by atoms with E-state index in [4.69, 9.17) is 0 Å². The number of Topliss-reactive ketones (excluding diaryl/α,β-unsaturated/α-hetero) is 1. The van der Waals surface area contributed by atoms with Gasteiger partial charge in [0.05, 0.1) is 5.57 Å². The highest BCUT2D eigenvalue weighted by Gasteiger charge is 2.30. The first kappa shape index (κ1) is 13.2. The molecule has 0 heterocycles. The van der Waals surface area contributed by atoms with Gasteiger partial charge >= 0.3 is 0 Å². The van der Waals surface area contributed by atoms with E-state index in [1.807, 2.05) is 13.8 Å². The van der Waals surface area contributed by atoms with Gasteiger partial charge in [0.15, 0.2) is 11.6 Å². The number of carbonyl (C=O) groups is 3. The van der Waals surface area contributed by atoms with Crippen LogP contribution in [0.3, 0.4) is 0 Å². The topological polar surface area (TPSA) is 54.5 Å². The van der Waals surface area contributed by atoms with Gasteiger partial charge in [-0.2, -0.15) is 0 Å². The van der Waals surface area contributed by atoms with Crippen LogP contribution in [0.4, 0.5) is 0 Å². The fourth-order valence-electron chi connectivity index (χ4n) is 2.16. The lowest BCUT2D eigenvalue weighted by Crippen LogP contribution is -2.35. The van der Waals surface area contributed by atoms with Crippen molar-refractivity contribution in [2.24, 2.45) is 0 Å². The van der Waals surface area contributed by atoms with E-state index < -0.39 is 0 Å². The number of amides is 1. The second kappa shape index (κ2) is 5.18. The van der Waals surface area contributed by atoms with Crippen molar-refractivity contribution in [3.8, 4) is 0 Å². The predicted molar refractivity (Wildman–Crippen MR) is 71.1 cm³/mol. The lowest BCUT2D eigenvalue weighted by Gasteiger charge is -2.22. The molecule has 1 aliphatic rings. The van der Waals surface area contributed by atoms with Gasteiger partial charge in [0.2, 0.25) is 0 Å². The molecular formula is C15H15NO3. The van der Waals surface area contributed by atoms with Gasteiger partial charge in [-0.15, -0.1) is 0 Å². The molecule has 0 atom stereocenters. The molecule has 2 rings (SSSR count). The van der Waals surface area contributed by atoms with Gasteiger partial charge in [-0.05, 0) is 13.8 Å². The monoisotopic (exact) mass is 257 g/mol. The van der Waals surface area contributed by atoms with Crippen molar-refractivity contribution in [3.05, 3.63) is 47.0 Å². The van der Waals surface area contributed by atoms with E-state index >= 15 is 0 Å². The van der Waals surface area contributed by atoms with Crippen LogP contribution in [-0.2, 0) is 4.79 Å². The van der Waals surface area contributed by atoms with Crippen LogP contribution in [0.15, 0.2) is 35.9 Å². The summed E-state index contributed by atoms with van der Waals surface area (Å²) >= 11 is 0. The summed E-state index contributed by atoms with van der Waals surface area (Å²) in [6.07, 6.45) is 1.16. The molecule has 0 saturated heterocycles. The third-order valence-electron chi connectivity index (χ3n) is 3.24. The number of rotatable bonds is 3. The van der Waals surface area contributed by atoms with E-state index in [9.17, 15) is 14.4 Å². The number of hydrogen-bond acceptors (Lipinski definition) is 3. The third kappa shape index (κ3) is 2.21. The fourth-order valence-corrected chi connectivity index (χ4v) is 2.16. The van der Waals surface area contributed by atoms with Gasteiger partial charge in [-0.25, -0.2) is 0 Å². The molecule has 0 aromatic heterocycles. The van der Waals surface area contributed by atoms with Crippen molar-refractivity contribution >= 4 is 17.5 Å². The Labute approximate surface area is 111 Å². The summed E-state index contributed by atoms with van der Waals surface area (Å²) < 4.78 is 0. The Kier molecular flexibility index (Phi) is 3.60. The summed E-state index contributed by atoms with van der Waals surface area (Å²) in [5.74, 6) is -1.03. The summed E-state index contributed by atoms with van der Waals surface area (Å²) in [6.45, 7) is 4.70. The normalized spacial score (nSPS) is 13.9. The molecule has 0 spiro atoms. The SMILES string of the molecule is CCN(CC)C(=O)C1=CC(=O)c2ccccc2C1=O. The molecule has 1 amide bonds. The van der Waals surface area contributed by atoms with Crippen molar-refractivity contribution in [1.29, 1.82) is 0 Å². The van der Waals surface area contributed by atoms with E-state index in [-0.39, 0.29) is 23.0 Å². The maximum absolute atomic E-state index is 12.3. The van der Waals surface area contributed by atoms with Crippen LogP contribution in [0.2, 0.25) is 0 Å². The zero-order chi connectivity index (χ0) is 14.0. The Morgan fingerprint density at radius 2 is 1.63 bits per heavy atom. The largest absolute Gasteiger partial charge is 0.339 e. The number of benzene rings is 1. The zero-order valence-corrected chi connectivity index (χ0v) is 11.0. The van der Waals surface area contributed by atoms with Gasteiger partial charge in [0.25, 0.3) is 5.91 Å². The summed E-state index contributed by atoms with van der Waals surface area (Å²) in [4.78, 5) is 38.0. The van der Waals surface area contributed by atoms with Gasteiger partial charge in [-0.1, -0.05) is 24.3 Å². The van der Waals surface area contributed by atoms with Gasteiger partial charge < -0.3 is 4.90 Å². The molecule has 0 bridgehead atoms. The number of ketones is 2. The second-order valence-electron chi connectivity index (χ2n) is 4.27. The highest BCUT2D eigenvalue weighted by Crippen LogP contribution is 2.22. The highest BCUT2D eigenvalue weighted by atomic mass is 16.2. The molecule has 0 N–H and O–H groups in total. The highest BCUT2D eigenvalue weighted by molar-refractivity contribution is 6.34. The number of carbonyl (C=O) groups excluding carboxylic acids is 3. The van der Waals surface area contributed by atoms with Gasteiger partial charge in [-0.3, -0.25) is 14.4 Å². The summed E-state index contributed by atoms with van der Waals surface area (Å²) in [5.41, 5.74) is 0.640. The Hall–Kier alpha value is -2.23. The van der Waals surface area contributed by atoms with Crippen molar-refractivity contribution in [2.45, 2.75) is 13.8 Å². The molecule has 1 aromatic carbocycles. The van der Waals surface area contributed by atoms with Crippen molar-refractivity contribution < 1.29 is 14.4 Å². The first-order valence-electron chi connectivity index (χ1n) is 6.29. The van der Waals surface area contributed by atoms with Crippen LogP contribution in [0.5, 0.6) is 0 Å². The molecule has 0 unspecified atom stereocenters. The van der Waals surface area contributed by atoms with E-state index in [1.54, 1.807) is 24.3 Å². The van der Waals surface area contributed by atoms with E-state index in [0.717, 1.165) is 6.08 Å². The Morgan fingerprint density at radius 1 is 1.05 bits per heavy atom. The zero-order valence-electron chi connectivity index (χ0n) is 11.0. The minimum atomic E-state index is -0.377. The average molecular weight is 257 g/mol. The quantitative estimate of drug-likeness (QED) is 0.777. The number of fused-ring (bicyclic) bond motifs is 1. The average Bonchev–Trinajstić information content (AvgIpc) is 2.44. The van der Waals surface area contributed by atoms with Crippen LogP contribution in [0.25, 0.3) is 0 Å². The maximum Gasteiger partial charge on any atom is 0.257 e. The predicted octanol–water partition coefficient (Wildman–Crippen LogP) is 1.86. The lowest BCUT2D eigenvalue weighted by molar-refractivity contribution is -0.126. The Balaban J connectivity index is 2.43. The van der Waals surface area contributed by atoms with E-state index in [0.29, 0.717) is 24.2 Å². The summed E-state index contributed by atoms with van der Waals surface area (Å²) in [7, 11) is 0. The van der Waals surface area contributed by atoms with Gasteiger partial charge in [0, 0.05) is 30.3 Å². The maximum atomic E-state index is 12.3. The molecule has 1 aliphatic carbocycles. The summed E-state index contributed by atoms with van der Waals surface area (Å²) in [6, 6.07) is 6.58. The first-order chi connectivity index (χ1) is 9.10. The molecular weight excluding hydrogens is 242 g/mol. The minimum Gasteiger partial charge on any atom is -0.339 e. The van der Waals surface area contributed by atoms with E-state index in [1.165, 1.54) is 4.90 Å².